The molecule has 0 bridgehead atoms. The van der Waals surface area contributed by atoms with E-state index in [-0.39, 0.29) is 5.91 Å². The number of amides is 1. The normalized spacial score (nSPS) is 9.77. The second-order valence-corrected chi connectivity index (χ2v) is 3.10. The van der Waals surface area contributed by atoms with Crippen molar-refractivity contribution in [2.24, 2.45) is 5.73 Å². The van der Waals surface area contributed by atoms with Crippen molar-refractivity contribution in [3.05, 3.63) is 35.4 Å². The number of carbonyl (C=O) groups is 1. The number of carbonyl (C=O) groups excluding carboxylic acids is 1. The molecule has 1 rings (SSSR count). The Hall–Kier alpha value is -1.35. The van der Waals surface area contributed by atoms with Gasteiger partial charge in [0.05, 0.1) is 0 Å². The van der Waals surface area contributed by atoms with Crippen LogP contribution in [-0.4, -0.2) is 24.9 Å². The van der Waals surface area contributed by atoms with E-state index in [4.69, 9.17) is 5.73 Å². The van der Waals surface area contributed by atoms with Crippen LogP contribution >= 0.6 is 0 Å². The molecule has 13 heavy (non-hydrogen) atoms. The van der Waals surface area contributed by atoms with Crippen LogP contribution in [0.3, 0.4) is 0 Å². The standard InChI is InChI=1S/C10H14N2O/c1-12(2)10(13)9-5-3-4-8(6-9)7-11/h3-6H,7,11H2,1-2H3. The van der Waals surface area contributed by atoms with Crippen molar-refractivity contribution in [3.63, 3.8) is 0 Å². The first kappa shape index (κ1) is 9.74. The molecule has 0 atom stereocenters. The number of nitrogens with zero attached hydrogens (tertiary/aromatic N) is 1. The Labute approximate surface area is 78.2 Å². The Kier molecular flexibility index (Phi) is 3.03. The molecule has 0 aliphatic heterocycles. The van der Waals surface area contributed by atoms with Gasteiger partial charge in [0.25, 0.3) is 5.91 Å². The van der Waals surface area contributed by atoms with Gasteiger partial charge in [-0.05, 0) is 17.7 Å². The molecular formula is C10H14N2O. The summed E-state index contributed by atoms with van der Waals surface area (Å²) in [7, 11) is 3.47. The zero-order valence-electron chi connectivity index (χ0n) is 7.95. The molecular weight excluding hydrogens is 164 g/mol. The molecule has 1 aromatic rings. The maximum Gasteiger partial charge on any atom is 0.253 e. The summed E-state index contributed by atoms with van der Waals surface area (Å²) in [5.74, 6) is 0.00954. The van der Waals surface area contributed by atoms with Gasteiger partial charge < -0.3 is 10.6 Å². The largest absolute Gasteiger partial charge is 0.345 e. The van der Waals surface area contributed by atoms with Crippen LogP contribution in [0.25, 0.3) is 0 Å². The third-order valence-electron chi connectivity index (χ3n) is 1.82. The first-order valence-corrected chi connectivity index (χ1v) is 4.16. The third kappa shape index (κ3) is 2.29. The van der Waals surface area contributed by atoms with Crippen molar-refractivity contribution in [2.45, 2.75) is 6.54 Å². The Balaban J connectivity index is 2.95. The van der Waals surface area contributed by atoms with Crippen molar-refractivity contribution in [3.8, 4) is 0 Å². The van der Waals surface area contributed by atoms with Gasteiger partial charge in [-0.15, -0.1) is 0 Å². The highest BCUT2D eigenvalue weighted by atomic mass is 16.2. The lowest BCUT2D eigenvalue weighted by atomic mass is 10.1. The molecule has 0 unspecified atom stereocenters. The van der Waals surface area contributed by atoms with Gasteiger partial charge >= 0.3 is 0 Å². The lowest BCUT2D eigenvalue weighted by molar-refractivity contribution is 0.0827. The number of hydrogen-bond acceptors (Lipinski definition) is 2. The monoisotopic (exact) mass is 178 g/mol. The van der Waals surface area contributed by atoms with Gasteiger partial charge in [-0.1, -0.05) is 12.1 Å². The summed E-state index contributed by atoms with van der Waals surface area (Å²) < 4.78 is 0. The van der Waals surface area contributed by atoms with Crippen molar-refractivity contribution in [2.75, 3.05) is 14.1 Å². The summed E-state index contributed by atoms with van der Waals surface area (Å²) in [5, 5.41) is 0. The molecule has 0 radical (unpaired) electrons. The van der Waals surface area contributed by atoms with E-state index in [1.807, 2.05) is 18.2 Å². The predicted octanol–water partition coefficient (Wildman–Crippen LogP) is 0.847. The van der Waals surface area contributed by atoms with Crippen LogP contribution in [0.15, 0.2) is 24.3 Å². The molecule has 0 fully saturated rings. The van der Waals surface area contributed by atoms with Crippen LogP contribution in [-0.2, 0) is 6.54 Å². The van der Waals surface area contributed by atoms with Gasteiger partial charge in [0.2, 0.25) is 0 Å². The van der Waals surface area contributed by atoms with Gasteiger partial charge in [-0.2, -0.15) is 0 Å². The Morgan fingerprint density at radius 2 is 2.15 bits per heavy atom. The molecule has 0 saturated carbocycles. The molecule has 70 valence electrons. The van der Waals surface area contributed by atoms with Gasteiger partial charge in [0.1, 0.15) is 0 Å². The number of nitrogens with two attached hydrogens (primary N) is 1. The zero-order valence-corrected chi connectivity index (χ0v) is 7.95. The van der Waals surface area contributed by atoms with Crippen molar-refractivity contribution >= 4 is 5.91 Å². The Morgan fingerprint density at radius 1 is 1.46 bits per heavy atom. The fourth-order valence-corrected chi connectivity index (χ4v) is 1.09. The van der Waals surface area contributed by atoms with E-state index in [2.05, 4.69) is 0 Å². The fraction of sp³-hybridized carbons (Fsp3) is 0.300. The Bertz CT molecular complexity index is 308. The number of benzene rings is 1. The van der Waals surface area contributed by atoms with E-state index in [1.54, 1.807) is 25.1 Å². The SMILES string of the molecule is CN(C)C(=O)c1cccc(CN)c1. The second kappa shape index (κ2) is 4.05. The van der Waals surface area contributed by atoms with Gasteiger partial charge in [-0.3, -0.25) is 4.79 Å². The first-order valence-electron chi connectivity index (χ1n) is 4.16. The smallest absolute Gasteiger partial charge is 0.253 e. The predicted molar refractivity (Wildman–Crippen MR) is 52.4 cm³/mol. The summed E-state index contributed by atoms with van der Waals surface area (Å²) >= 11 is 0. The maximum atomic E-state index is 11.5. The average Bonchev–Trinajstić information content (AvgIpc) is 2.16. The summed E-state index contributed by atoms with van der Waals surface area (Å²) in [6, 6.07) is 7.37. The highest BCUT2D eigenvalue weighted by Crippen LogP contribution is 2.06. The van der Waals surface area contributed by atoms with Crippen molar-refractivity contribution in [1.82, 2.24) is 4.90 Å². The van der Waals surface area contributed by atoms with Crippen LogP contribution in [0.4, 0.5) is 0 Å². The van der Waals surface area contributed by atoms with Gasteiger partial charge in [0.15, 0.2) is 0 Å². The van der Waals surface area contributed by atoms with Crippen molar-refractivity contribution < 1.29 is 4.79 Å². The zero-order chi connectivity index (χ0) is 9.84. The van der Waals surface area contributed by atoms with E-state index < -0.39 is 0 Å². The highest BCUT2D eigenvalue weighted by molar-refractivity contribution is 5.94. The van der Waals surface area contributed by atoms with E-state index in [1.165, 1.54) is 0 Å². The summed E-state index contributed by atoms with van der Waals surface area (Å²) in [4.78, 5) is 13.0. The van der Waals surface area contributed by atoms with Gasteiger partial charge in [0, 0.05) is 26.2 Å². The minimum atomic E-state index is 0.00954. The van der Waals surface area contributed by atoms with Crippen LogP contribution in [0.5, 0.6) is 0 Å². The average molecular weight is 178 g/mol. The quantitative estimate of drug-likeness (QED) is 0.729. The Morgan fingerprint density at radius 3 is 2.69 bits per heavy atom. The molecule has 3 heteroatoms. The van der Waals surface area contributed by atoms with Crippen molar-refractivity contribution in [1.29, 1.82) is 0 Å². The molecule has 0 aliphatic rings. The summed E-state index contributed by atoms with van der Waals surface area (Å²) in [6.45, 7) is 0.467. The molecule has 3 nitrogen and oxygen atoms in total. The summed E-state index contributed by atoms with van der Waals surface area (Å²) in [5.41, 5.74) is 7.14. The van der Waals surface area contributed by atoms with E-state index in [0.29, 0.717) is 12.1 Å². The van der Waals surface area contributed by atoms with Crippen LogP contribution in [0.1, 0.15) is 15.9 Å². The van der Waals surface area contributed by atoms with Crippen LogP contribution < -0.4 is 5.73 Å². The number of hydrogen-bond donors (Lipinski definition) is 1. The first-order chi connectivity index (χ1) is 6.15. The highest BCUT2D eigenvalue weighted by Gasteiger charge is 2.06. The topological polar surface area (TPSA) is 46.3 Å². The van der Waals surface area contributed by atoms with E-state index >= 15 is 0 Å². The summed E-state index contributed by atoms with van der Waals surface area (Å²) in [6.07, 6.45) is 0. The molecule has 1 amide bonds. The van der Waals surface area contributed by atoms with Crippen LogP contribution in [0.2, 0.25) is 0 Å². The van der Waals surface area contributed by atoms with E-state index in [9.17, 15) is 4.79 Å². The number of rotatable bonds is 2. The lowest BCUT2D eigenvalue weighted by Crippen LogP contribution is -2.21. The molecule has 2 N–H and O–H groups in total. The maximum absolute atomic E-state index is 11.5. The molecule has 0 heterocycles. The molecule has 0 aromatic heterocycles. The van der Waals surface area contributed by atoms with Crippen LogP contribution in [0, 0.1) is 0 Å². The van der Waals surface area contributed by atoms with Gasteiger partial charge in [-0.25, -0.2) is 0 Å². The van der Waals surface area contributed by atoms with E-state index in [0.717, 1.165) is 5.56 Å². The minimum absolute atomic E-state index is 0.00954. The molecule has 1 aromatic carbocycles. The molecule has 0 saturated heterocycles. The lowest BCUT2D eigenvalue weighted by Gasteiger charge is -2.10. The molecule has 0 aliphatic carbocycles. The minimum Gasteiger partial charge on any atom is -0.345 e. The second-order valence-electron chi connectivity index (χ2n) is 3.10. The molecule has 0 spiro atoms. The third-order valence-corrected chi connectivity index (χ3v) is 1.82. The fourth-order valence-electron chi connectivity index (χ4n) is 1.09.